The molecule has 0 radical (unpaired) electrons. The lowest BCUT2D eigenvalue weighted by atomic mass is 9.91. The van der Waals surface area contributed by atoms with Gasteiger partial charge in [0.15, 0.2) is 0 Å². The SMILES string of the molecule is N#Cc1ccc(-c2ccc(CC(NC(=O)C3Cc4cc5c(cc4CN3C(=O)c3ccccc3)OC(c3ccc(OCc4cnc(Cl)c(Cl)c4)cc3)C(=O)N5)C(=O)O)cc2)cc1. The van der Waals surface area contributed by atoms with Crippen LogP contribution in [0.25, 0.3) is 11.1 Å². The Bertz CT molecular complexity index is 2690. The van der Waals surface area contributed by atoms with Crippen molar-refractivity contribution in [2.45, 2.75) is 44.2 Å². The number of hydrogen-bond acceptors (Lipinski definition) is 8. The highest BCUT2D eigenvalue weighted by molar-refractivity contribution is 6.41. The number of rotatable bonds is 11. The highest BCUT2D eigenvalue weighted by Gasteiger charge is 2.39. The first-order valence-corrected chi connectivity index (χ1v) is 19.9. The smallest absolute Gasteiger partial charge is 0.326 e. The largest absolute Gasteiger partial charge is 0.489 e. The Hall–Kier alpha value is -7.20. The summed E-state index contributed by atoms with van der Waals surface area (Å²) in [5.74, 6) is -1.72. The van der Waals surface area contributed by atoms with Crippen LogP contribution in [-0.2, 0) is 40.4 Å². The summed E-state index contributed by atoms with van der Waals surface area (Å²) in [6.45, 7) is 0.219. The van der Waals surface area contributed by atoms with Crippen molar-refractivity contribution in [1.29, 1.82) is 5.26 Å². The number of amides is 3. The van der Waals surface area contributed by atoms with Gasteiger partial charge in [-0.05, 0) is 82.4 Å². The number of fused-ring (bicyclic) bond motifs is 2. The van der Waals surface area contributed by atoms with E-state index in [0.717, 1.165) is 16.7 Å². The molecular weight excluding hydrogens is 817 g/mol. The highest BCUT2D eigenvalue weighted by atomic mass is 35.5. The van der Waals surface area contributed by atoms with E-state index in [9.17, 15) is 24.3 Å². The third kappa shape index (κ3) is 9.04. The highest BCUT2D eigenvalue weighted by Crippen LogP contribution is 2.40. The lowest BCUT2D eigenvalue weighted by Gasteiger charge is -2.37. The minimum atomic E-state index is -1.29. The quantitative estimate of drug-likeness (QED) is 0.109. The van der Waals surface area contributed by atoms with E-state index in [0.29, 0.717) is 55.6 Å². The minimum Gasteiger partial charge on any atom is -0.489 e. The molecule has 14 heteroatoms. The normalized spacial score (nSPS) is 15.8. The Morgan fingerprint density at radius 3 is 2.30 bits per heavy atom. The third-order valence-electron chi connectivity index (χ3n) is 10.6. The van der Waals surface area contributed by atoms with Gasteiger partial charge in [0, 0.05) is 42.3 Å². The summed E-state index contributed by atoms with van der Waals surface area (Å²) < 4.78 is 12.1. The fourth-order valence-corrected chi connectivity index (χ4v) is 7.62. The average Bonchev–Trinajstić information content (AvgIpc) is 3.28. The molecule has 3 N–H and O–H groups in total. The predicted octanol–water partition coefficient (Wildman–Crippen LogP) is 7.96. The fraction of sp³-hybridized carbons (Fsp3) is 0.149. The van der Waals surface area contributed by atoms with Gasteiger partial charge in [-0.3, -0.25) is 14.4 Å². The van der Waals surface area contributed by atoms with Gasteiger partial charge >= 0.3 is 5.97 Å². The van der Waals surface area contributed by atoms with Crippen molar-refractivity contribution in [3.8, 4) is 28.7 Å². The molecule has 0 saturated heterocycles. The van der Waals surface area contributed by atoms with Crippen molar-refractivity contribution in [2.24, 2.45) is 0 Å². The van der Waals surface area contributed by atoms with Gasteiger partial charge in [-0.1, -0.05) is 89.9 Å². The summed E-state index contributed by atoms with van der Waals surface area (Å²) in [5.41, 5.74) is 6.49. The zero-order chi connectivity index (χ0) is 42.6. The van der Waals surface area contributed by atoms with Gasteiger partial charge in [-0.25, -0.2) is 9.78 Å². The number of anilines is 1. The van der Waals surface area contributed by atoms with Crippen molar-refractivity contribution < 1.29 is 33.8 Å². The summed E-state index contributed by atoms with van der Waals surface area (Å²) in [4.78, 5) is 59.7. The van der Waals surface area contributed by atoms with E-state index in [2.05, 4.69) is 21.7 Å². The van der Waals surface area contributed by atoms with E-state index in [1.807, 2.05) is 24.3 Å². The fourth-order valence-electron chi connectivity index (χ4n) is 7.32. The Morgan fingerprint density at radius 1 is 0.918 bits per heavy atom. The van der Waals surface area contributed by atoms with Crippen LogP contribution in [0.2, 0.25) is 10.2 Å². The van der Waals surface area contributed by atoms with E-state index in [1.165, 1.54) is 4.90 Å². The number of aromatic nitrogens is 1. The zero-order valence-corrected chi connectivity index (χ0v) is 33.7. The number of pyridine rings is 1. The monoisotopic (exact) mass is 851 g/mol. The van der Waals surface area contributed by atoms with Gasteiger partial charge in [-0.2, -0.15) is 5.26 Å². The first kappa shape index (κ1) is 40.6. The molecule has 1 aromatic heterocycles. The molecule has 0 aliphatic carbocycles. The number of nitriles is 1. The average molecular weight is 853 g/mol. The lowest BCUT2D eigenvalue weighted by Crippen LogP contribution is -2.56. The number of halogens is 2. The molecule has 2 aliphatic rings. The molecule has 3 unspecified atom stereocenters. The minimum absolute atomic E-state index is 0.00506. The zero-order valence-electron chi connectivity index (χ0n) is 32.2. The van der Waals surface area contributed by atoms with E-state index >= 15 is 0 Å². The van der Waals surface area contributed by atoms with Crippen LogP contribution >= 0.6 is 23.2 Å². The van der Waals surface area contributed by atoms with Crippen molar-refractivity contribution in [3.63, 3.8) is 0 Å². The number of ether oxygens (including phenoxy) is 2. The number of carbonyl (C=O) groups excluding carboxylic acids is 3. The van der Waals surface area contributed by atoms with Crippen molar-refractivity contribution in [1.82, 2.24) is 15.2 Å². The molecule has 0 saturated carbocycles. The molecular formula is C47H35Cl2N5O7. The molecule has 6 aromatic rings. The Kier molecular flexibility index (Phi) is 11.7. The van der Waals surface area contributed by atoms with Crippen LogP contribution in [0.1, 0.15) is 49.8 Å². The van der Waals surface area contributed by atoms with Gasteiger partial charge in [0.25, 0.3) is 11.8 Å². The Morgan fingerprint density at radius 2 is 1.62 bits per heavy atom. The molecule has 8 rings (SSSR count). The standard InChI is InChI=1S/C47H35Cl2N5O7/c48-37-18-29(24-51-43(37)49)26-60-36-16-14-32(15-17-36)42-45(56)52-38-20-34-21-40(54(25-35(34)22-41(38)61-42)46(57)33-4-2-1-3-5-33)44(55)53-39(47(58)59)19-27-6-10-30(11-7-27)31-12-8-28(23-50)9-13-31/h1-18,20,22,24,39-40,42H,19,21,25-26H2,(H,52,56)(H,53,55)(H,58,59). The molecule has 2 aliphatic heterocycles. The molecule has 0 spiro atoms. The number of nitrogens with zero attached hydrogens (tertiary/aromatic N) is 3. The predicted molar refractivity (Wildman–Crippen MR) is 227 cm³/mol. The second-order valence-corrected chi connectivity index (χ2v) is 15.4. The molecule has 5 aromatic carbocycles. The van der Waals surface area contributed by atoms with E-state index < -0.39 is 41.9 Å². The number of carboxylic acid groups (broad SMARTS) is 1. The van der Waals surface area contributed by atoms with Gasteiger partial charge in [0.1, 0.15) is 35.3 Å². The number of hydrogen-bond donors (Lipinski definition) is 3. The molecule has 3 atom stereocenters. The van der Waals surface area contributed by atoms with Gasteiger partial charge in [-0.15, -0.1) is 0 Å². The topological polar surface area (TPSA) is 171 Å². The second kappa shape index (κ2) is 17.6. The number of aliphatic carboxylic acids is 1. The van der Waals surface area contributed by atoms with Crippen LogP contribution in [0.4, 0.5) is 5.69 Å². The maximum absolute atomic E-state index is 14.1. The number of carbonyl (C=O) groups is 4. The van der Waals surface area contributed by atoms with Crippen molar-refractivity contribution in [2.75, 3.05) is 5.32 Å². The van der Waals surface area contributed by atoms with Crippen LogP contribution in [0, 0.1) is 11.3 Å². The summed E-state index contributed by atoms with van der Waals surface area (Å²) in [7, 11) is 0. The van der Waals surface area contributed by atoms with E-state index in [-0.39, 0.29) is 31.1 Å². The van der Waals surface area contributed by atoms with Crippen molar-refractivity contribution >= 4 is 52.6 Å². The Balaban J connectivity index is 0.991. The molecule has 12 nitrogen and oxygen atoms in total. The maximum atomic E-state index is 14.1. The van der Waals surface area contributed by atoms with Gasteiger partial charge in [0.2, 0.25) is 12.0 Å². The van der Waals surface area contributed by atoms with Crippen LogP contribution in [-0.4, -0.2) is 50.8 Å². The molecule has 0 bridgehead atoms. The third-order valence-corrected chi connectivity index (χ3v) is 11.2. The van der Waals surface area contributed by atoms with Crippen LogP contribution in [0.3, 0.4) is 0 Å². The molecule has 3 heterocycles. The summed E-state index contributed by atoms with van der Waals surface area (Å²) in [6, 6.07) is 34.8. The first-order chi connectivity index (χ1) is 29.5. The van der Waals surface area contributed by atoms with Gasteiger partial charge in [0.05, 0.1) is 22.3 Å². The lowest BCUT2D eigenvalue weighted by molar-refractivity contribution is -0.142. The maximum Gasteiger partial charge on any atom is 0.326 e. The van der Waals surface area contributed by atoms with Crippen LogP contribution < -0.4 is 20.1 Å². The van der Waals surface area contributed by atoms with E-state index in [1.54, 1.807) is 103 Å². The summed E-state index contributed by atoms with van der Waals surface area (Å²) >= 11 is 12.0. The van der Waals surface area contributed by atoms with Crippen molar-refractivity contribution in [3.05, 3.63) is 177 Å². The first-order valence-electron chi connectivity index (χ1n) is 19.2. The van der Waals surface area contributed by atoms with E-state index in [4.69, 9.17) is 37.9 Å². The number of carboxylic acids is 1. The van der Waals surface area contributed by atoms with Gasteiger partial charge < -0.3 is 30.1 Å². The number of nitrogens with one attached hydrogen (secondary N) is 2. The molecule has 3 amide bonds. The van der Waals surface area contributed by atoms with Crippen LogP contribution in [0.5, 0.6) is 11.5 Å². The second-order valence-electron chi connectivity index (χ2n) is 14.6. The Labute approximate surface area is 360 Å². The molecule has 304 valence electrons. The molecule has 61 heavy (non-hydrogen) atoms. The van der Waals surface area contributed by atoms with Crippen LogP contribution in [0.15, 0.2) is 128 Å². The summed E-state index contributed by atoms with van der Waals surface area (Å²) in [5, 5.41) is 25.5. The molecule has 0 fully saturated rings. The summed E-state index contributed by atoms with van der Waals surface area (Å²) in [6.07, 6.45) is 0.638. The number of benzene rings is 5.